The van der Waals surface area contributed by atoms with E-state index in [4.69, 9.17) is 0 Å². The predicted octanol–water partition coefficient (Wildman–Crippen LogP) is 2.32. The SMILES string of the molecule is CC(C)C(=O)N[C@H](C[C@H]1CCCCN1)C(C)C. The van der Waals surface area contributed by atoms with Crippen LogP contribution in [0.4, 0.5) is 0 Å². The summed E-state index contributed by atoms with van der Waals surface area (Å²) in [4.78, 5) is 11.8. The zero-order valence-electron chi connectivity index (χ0n) is 11.8. The molecular weight excluding hydrogens is 212 g/mol. The van der Waals surface area contributed by atoms with Crippen molar-refractivity contribution in [2.45, 2.75) is 65.5 Å². The van der Waals surface area contributed by atoms with E-state index in [0.717, 1.165) is 13.0 Å². The molecule has 0 aromatic heterocycles. The monoisotopic (exact) mass is 240 g/mol. The predicted molar refractivity (Wildman–Crippen MR) is 71.9 cm³/mol. The van der Waals surface area contributed by atoms with Gasteiger partial charge in [-0.3, -0.25) is 4.79 Å². The van der Waals surface area contributed by atoms with Crippen molar-refractivity contribution >= 4 is 5.91 Å². The van der Waals surface area contributed by atoms with Crippen molar-refractivity contribution in [1.29, 1.82) is 0 Å². The van der Waals surface area contributed by atoms with Crippen molar-refractivity contribution in [3.05, 3.63) is 0 Å². The molecule has 1 aliphatic heterocycles. The minimum absolute atomic E-state index is 0.0792. The molecule has 1 aliphatic rings. The highest BCUT2D eigenvalue weighted by molar-refractivity contribution is 5.78. The van der Waals surface area contributed by atoms with Gasteiger partial charge in [0.2, 0.25) is 5.91 Å². The molecule has 0 unspecified atom stereocenters. The fraction of sp³-hybridized carbons (Fsp3) is 0.929. The first-order valence-corrected chi connectivity index (χ1v) is 7.04. The van der Waals surface area contributed by atoms with E-state index >= 15 is 0 Å². The highest BCUT2D eigenvalue weighted by atomic mass is 16.1. The minimum Gasteiger partial charge on any atom is -0.353 e. The molecule has 1 fully saturated rings. The first-order chi connectivity index (χ1) is 8.00. The van der Waals surface area contributed by atoms with Crippen LogP contribution in [0.3, 0.4) is 0 Å². The van der Waals surface area contributed by atoms with Crippen LogP contribution >= 0.6 is 0 Å². The molecule has 1 saturated heterocycles. The number of hydrogen-bond donors (Lipinski definition) is 2. The molecule has 17 heavy (non-hydrogen) atoms. The Hall–Kier alpha value is -0.570. The number of nitrogens with one attached hydrogen (secondary N) is 2. The van der Waals surface area contributed by atoms with Gasteiger partial charge >= 0.3 is 0 Å². The van der Waals surface area contributed by atoms with Crippen LogP contribution < -0.4 is 10.6 Å². The van der Waals surface area contributed by atoms with Crippen LogP contribution in [0.25, 0.3) is 0 Å². The summed E-state index contributed by atoms with van der Waals surface area (Å²) in [5.74, 6) is 0.761. The molecule has 0 aliphatic carbocycles. The van der Waals surface area contributed by atoms with E-state index in [1.165, 1.54) is 19.3 Å². The molecule has 1 rings (SSSR count). The van der Waals surface area contributed by atoms with Gasteiger partial charge in [0.15, 0.2) is 0 Å². The van der Waals surface area contributed by atoms with Crippen LogP contribution in [0.15, 0.2) is 0 Å². The second-order valence-corrected chi connectivity index (χ2v) is 5.90. The normalized spacial score (nSPS) is 22.8. The molecule has 0 spiro atoms. The maximum atomic E-state index is 11.8. The van der Waals surface area contributed by atoms with E-state index in [1.807, 2.05) is 13.8 Å². The van der Waals surface area contributed by atoms with E-state index in [2.05, 4.69) is 24.5 Å². The lowest BCUT2D eigenvalue weighted by Gasteiger charge is -2.30. The molecule has 0 aromatic carbocycles. The first kappa shape index (κ1) is 14.5. The number of carbonyl (C=O) groups excluding carboxylic acids is 1. The first-order valence-electron chi connectivity index (χ1n) is 7.04. The summed E-state index contributed by atoms with van der Waals surface area (Å²) in [6.07, 6.45) is 4.93. The van der Waals surface area contributed by atoms with Gasteiger partial charge in [-0.25, -0.2) is 0 Å². The molecule has 1 heterocycles. The van der Waals surface area contributed by atoms with Crippen LogP contribution in [-0.4, -0.2) is 24.5 Å². The zero-order valence-corrected chi connectivity index (χ0v) is 11.8. The number of carbonyl (C=O) groups is 1. The summed E-state index contributed by atoms with van der Waals surface area (Å²) in [5.41, 5.74) is 0. The molecule has 100 valence electrons. The Bertz CT molecular complexity index is 232. The fourth-order valence-corrected chi connectivity index (χ4v) is 2.28. The topological polar surface area (TPSA) is 41.1 Å². The van der Waals surface area contributed by atoms with E-state index in [9.17, 15) is 4.79 Å². The Morgan fingerprint density at radius 1 is 1.29 bits per heavy atom. The van der Waals surface area contributed by atoms with E-state index in [1.54, 1.807) is 0 Å². The Kier molecular flexibility index (Phi) is 5.96. The van der Waals surface area contributed by atoms with Gasteiger partial charge in [0.25, 0.3) is 0 Å². The lowest BCUT2D eigenvalue weighted by molar-refractivity contribution is -0.125. The van der Waals surface area contributed by atoms with Crippen molar-refractivity contribution in [2.75, 3.05) is 6.54 Å². The van der Waals surface area contributed by atoms with Crippen LogP contribution in [-0.2, 0) is 4.79 Å². The summed E-state index contributed by atoms with van der Waals surface area (Å²) in [6, 6.07) is 0.893. The molecule has 3 nitrogen and oxygen atoms in total. The van der Waals surface area contributed by atoms with Crippen molar-refractivity contribution in [3.8, 4) is 0 Å². The average Bonchev–Trinajstić information content (AvgIpc) is 2.29. The molecule has 1 amide bonds. The molecular formula is C14H28N2O. The Balaban J connectivity index is 2.44. The summed E-state index contributed by atoms with van der Waals surface area (Å²) in [5, 5.41) is 6.74. The maximum absolute atomic E-state index is 11.8. The van der Waals surface area contributed by atoms with Crippen LogP contribution in [0.1, 0.15) is 53.4 Å². The second kappa shape index (κ2) is 7.00. The summed E-state index contributed by atoms with van der Waals surface area (Å²) in [7, 11) is 0. The third-order valence-corrected chi connectivity index (χ3v) is 3.61. The van der Waals surface area contributed by atoms with Gasteiger partial charge in [-0.15, -0.1) is 0 Å². The zero-order chi connectivity index (χ0) is 12.8. The van der Waals surface area contributed by atoms with E-state index in [0.29, 0.717) is 18.0 Å². The second-order valence-electron chi connectivity index (χ2n) is 5.90. The summed E-state index contributed by atoms with van der Waals surface area (Å²) >= 11 is 0. The van der Waals surface area contributed by atoms with Gasteiger partial charge in [-0.05, 0) is 31.7 Å². The highest BCUT2D eigenvalue weighted by Crippen LogP contribution is 2.16. The quantitative estimate of drug-likeness (QED) is 0.774. The van der Waals surface area contributed by atoms with Crippen LogP contribution in [0.5, 0.6) is 0 Å². The number of piperidine rings is 1. The van der Waals surface area contributed by atoms with Gasteiger partial charge in [-0.1, -0.05) is 34.1 Å². The van der Waals surface area contributed by atoms with Gasteiger partial charge in [0, 0.05) is 18.0 Å². The van der Waals surface area contributed by atoms with Crippen LogP contribution in [0.2, 0.25) is 0 Å². The smallest absolute Gasteiger partial charge is 0.222 e. The molecule has 0 saturated carbocycles. The molecule has 2 N–H and O–H groups in total. The fourth-order valence-electron chi connectivity index (χ4n) is 2.28. The van der Waals surface area contributed by atoms with Gasteiger partial charge in [-0.2, -0.15) is 0 Å². The Labute approximate surface area is 106 Å². The third-order valence-electron chi connectivity index (χ3n) is 3.61. The molecule has 2 atom stereocenters. The van der Waals surface area contributed by atoms with Crippen molar-refractivity contribution < 1.29 is 4.79 Å². The number of amides is 1. The van der Waals surface area contributed by atoms with Crippen molar-refractivity contribution in [3.63, 3.8) is 0 Å². The van der Waals surface area contributed by atoms with E-state index < -0.39 is 0 Å². The molecule has 0 bridgehead atoms. The average molecular weight is 240 g/mol. The van der Waals surface area contributed by atoms with Crippen LogP contribution in [0, 0.1) is 11.8 Å². The number of rotatable bonds is 5. The van der Waals surface area contributed by atoms with Crippen molar-refractivity contribution in [1.82, 2.24) is 10.6 Å². The number of hydrogen-bond acceptors (Lipinski definition) is 2. The summed E-state index contributed by atoms with van der Waals surface area (Å²) in [6.45, 7) is 9.41. The van der Waals surface area contributed by atoms with Gasteiger partial charge in [0.1, 0.15) is 0 Å². The third kappa shape index (κ3) is 5.07. The molecule has 0 aromatic rings. The Morgan fingerprint density at radius 2 is 2.00 bits per heavy atom. The lowest BCUT2D eigenvalue weighted by atomic mass is 9.92. The Morgan fingerprint density at radius 3 is 2.47 bits per heavy atom. The highest BCUT2D eigenvalue weighted by Gasteiger charge is 2.23. The maximum Gasteiger partial charge on any atom is 0.222 e. The van der Waals surface area contributed by atoms with Gasteiger partial charge < -0.3 is 10.6 Å². The minimum atomic E-state index is 0.0792. The summed E-state index contributed by atoms with van der Waals surface area (Å²) < 4.78 is 0. The molecule has 0 radical (unpaired) electrons. The standard InChI is InChI=1S/C14H28N2O/c1-10(2)13(16-14(17)11(3)4)9-12-7-5-6-8-15-12/h10-13,15H,5-9H2,1-4H3,(H,16,17)/t12-,13-/m1/s1. The molecule has 3 heteroatoms. The lowest BCUT2D eigenvalue weighted by Crippen LogP contribution is -2.46. The van der Waals surface area contributed by atoms with Gasteiger partial charge in [0.05, 0.1) is 0 Å². The van der Waals surface area contributed by atoms with E-state index in [-0.39, 0.29) is 11.8 Å². The van der Waals surface area contributed by atoms with Crippen molar-refractivity contribution in [2.24, 2.45) is 11.8 Å². The largest absolute Gasteiger partial charge is 0.353 e.